The average molecular weight is 593 g/mol. The van der Waals surface area contributed by atoms with Crippen LogP contribution in [0.3, 0.4) is 0 Å². The molecule has 0 aliphatic heterocycles. The van der Waals surface area contributed by atoms with Crippen LogP contribution in [-0.4, -0.2) is 116 Å². The lowest BCUT2D eigenvalue weighted by Crippen LogP contribution is -2.26. The third-order valence-electron chi connectivity index (χ3n) is 5.25. The van der Waals surface area contributed by atoms with E-state index < -0.39 is 5.60 Å². The fourth-order valence-electron chi connectivity index (χ4n) is 3.25. The molecular weight excluding hydrogens is 536 g/mol. The Morgan fingerprint density at radius 3 is 1.66 bits per heavy atom. The first kappa shape index (κ1) is 39.3. The van der Waals surface area contributed by atoms with Gasteiger partial charge in [-0.3, -0.25) is 14.4 Å². The molecule has 0 unspecified atom stereocenters. The average Bonchev–Trinajstić information content (AvgIpc) is 2.91. The molecule has 12 heteroatoms. The largest absolute Gasteiger partial charge is 0.460 e. The summed E-state index contributed by atoms with van der Waals surface area (Å²) in [4.78, 5) is 35.2. The number of unbranched alkanes of at least 4 members (excludes halogenated alkanes) is 1. The molecule has 242 valence electrons. The maximum Gasteiger partial charge on any atom is 0.306 e. The highest BCUT2D eigenvalue weighted by Crippen LogP contribution is 2.09. The molecule has 3 N–H and O–H groups in total. The predicted octanol–water partition coefficient (Wildman–Crippen LogP) is 2.19. The quantitative estimate of drug-likeness (QED) is 0.0932. The number of nitrogens with one attached hydrogen (secondary N) is 1. The molecule has 0 rings (SSSR count). The molecule has 12 nitrogen and oxygen atoms in total. The first-order valence-electron chi connectivity index (χ1n) is 14.9. The Bertz CT molecular complexity index is 644. The van der Waals surface area contributed by atoms with Crippen LogP contribution in [0.25, 0.3) is 0 Å². The first-order chi connectivity index (χ1) is 19.7. The van der Waals surface area contributed by atoms with Crippen molar-refractivity contribution in [3.8, 4) is 0 Å². The fraction of sp³-hybridized carbons (Fsp3) is 0.897. The minimum absolute atomic E-state index is 0.0444. The summed E-state index contributed by atoms with van der Waals surface area (Å²) in [5.41, 5.74) is 4.85. The normalized spacial score (nSPS) is 11.5. The van der Waals surface area contributed by atoms with E-state index in [-0.39, 0.29) is 17.7 Å². The summed E-state index contributed by atoms with van der Waals surface area (Å²) in [7, 11) is 0. The van der Waals surface area contributed by atoms with E-state index in [9.17, 15) is 14.4 Å². The number of ether oxygens (including phenoxy) is 7. The van der Waals surface area contributed by atoms with E-state index >= 15 is 0 Å². The molecule has 0 saturated carbocycles. The molecule has 1 amide bonds. The van der Waals surface area contributed by atoms with E-state index in [1.165, 1.54) is 0 Å². The van der Waals surface area contributed by atoms with Gasteiger partial charge in [-0.25, -0.2) is 0 Å². The van der Waals surface area contributed by atoms with Gasteiger partial charge in [0, 0.05) is 58.6 Å². The number of Topliss-reactive ketones (excluding diaryl/α,β-unsaturated/α-hetero) is 1. The number of esters is 1. The SMILES string of the molecule is CC(C)(C)OC(=O)CCCOCCOCCC(=O)CCCCOCCOCCCNC(=O)CCOCCOCCN. The number of carbonyl (C=O) groups is 3. The Hall–Kier alpha value is -1.67. The summed E-state index contributed by atoms with van der Waals surface area (Å²) < 4.78 is 37.6. The highest BCUT2D eigenvalue weighted by molar-refractivity contribution is 5.78. The van der Waals surface area contributed by atoms with E-state index in [2.05, 4.69) is 5.32 Å². The lowest BCUT2D eigenvalue weighted by atomic mass is 10.1. The molecule has 0 saturated heterocycles. The lowest BCUT2D eigenvalue weighted by Gasteiger charge is -2.19. The number of rotatable bonds is 30. The van der Waals surface area contributed by atoms with Gasteiger partial charge >= 0.3 is 5.97 Å². The van der Waals surface area contributed by atoms with E-state index in [1.54, 1.807) is 0 Å². The van der Waals surface area contributed by atoms with Crippen molar-refractivity contribution in [3.05, 3.63) is 0 Å². The topological polar surface area (TPSA) is 154 Å². The predicted molar refractivity (Wildman–Crippen MR) is 155 cm³/mol. The van der Waals surface area contributed by atoms with Gasteiger partial charge in [0.2, 0.25) is 5.91 Å². The minimum atomic E-state index is -0.463. The Morgan fingerprint density at radius 1 is 0.561 bits per heavy atom. The van der Waals surface area contributed by atoms with Crippen LogP contribution in [0.2, 0.25) is 0 Å². The van der Waals surface area contributed by atoms with Gasteiger partial charge in [0.25, 0.3) is 0 Å². The van der Waals surface area contributed by atoms with Crippen molar-refractivity contribution in [2.45, 2.75) is 77.7 Å². The molecule has 0 aromatic rings. The maximum atomic E-state index is 11.9. The van der Waals surface area contributed by atoms with Gasteiger partial charge in [-0.05, 0) is 46.5 Å². The van der Waals surface area contributed by atoms with E-state index in [1.807, 2.05) is 20.8 Å². The van der Waals surface area contributed by atoms with Crippen LogP contribution in [0.15, 0.2) is 0 Å². The van der Waals surface area contributed by atoms with Gasteiger partial charge < -0.3 is 44.2 Å². The first-order valence-corrected chi connectivity index (χ1v) is 14.9. The molecule has 0 radical (unpaired) electrons. The van der Waals surface area contributed by atoms with Crippen molar-refractivity contribution >= 4 is 17.7 Å². The zero-order valence-electron chi connectivity index (χ0n) is 25.7. The molecule has 41 heavy (non-hydrogen) atoms. The zero-order valence-corrected chi connectivity index (χ0v) is 25.7. The Morgan fingerprint density at radius 2 is 1.07 bits per heavy atom. The Labute approximate surface area is 246 Å². The van der Waals surface area contributed by atoms with Crippen molar-refractivity contribution in [1.29, 1.82) is 0 Å². The standard InChI is InChI=1S/C29H56N2O10/c1-29(2,3)41-28(34)9-6-15-36-22-23-38-17-10-26(32)8-4-5-14-35-20-21-37-16-7-13-31-27(33)11-18-39-24-25-40-19-12-30/h4-25,30H2,1-3H3,(H,31,33). The summed E-state index contributed by atoms with van der Waals surface area (Å²) in [6.45, 7) is 12.3. The number of nitrogens with two attached hydrogens (primary N) is 1. The van der Waals surface area contributed by atoms with Crippen LogP contribution in [0, 0.1) is 0 Å². The van der Waals surface area contributed by atoms with Gasteiger partial charge in [0.15, 0.2) is 0 Å². The summed E-state index contributed by atoms with van der Waals surface area (Å²) in [6, 6.07) is 0. The monoisotopic (exact) mass is 592 g/mol. The van der Waals surface area contributed by atoms with Crippen molar-refractivity contribution in [1.82, 2.24) is 5.32 Å². The maximum absolute atomic E-state index is 11.9. The molecule has 0 aromatic heterocycles. The summed E-state index contributed by atoms with van der Waals surface area (Å²) >= 11 is 0. The van der Waals surface area contributed by atoms with Crippen LogP contribution in [0.5, 0.6) is 0 Å². The van der Waals surface area contributed by atoms with Gasteiger partial charge in [0.05, 0.1) is 59.5 Å². The van der Waals surface area contributed by atoms with Crippen LogP contribution in [0.4, 0.5) is 0 Å². The summed E-state index contributed by atoms with van der Waals surface area (Å²) in [5.74, 6) is -0.0843. The molecule has 0 atom stereocenters. The second-order valence-electron chi connectivity index (χ2n) is 10.4. The van der Waals surface area contributed by atoms with Gasteiger partial charge in [-0.1, -0.05) is 0 Å². The molecule has 0 aliphatic carbocycles. The molecule has 0 bridgehead atoms. The van der Waals surface area contributed by atoms with Gasteiger partial charge in [0.1, 0.15) is 11.4 Å². The number of ketones is 1. The highest BCUT2D eigenvalue weighted by atomic mass is 16.6. The zero-order chi connectivity index (χ0) is 30.4. The number of amides is 1. The molecule has 0 aliphatic rings. The Balaban J connectivity index is 3.30. The van der Waals surface area contributed by atoms with Crippen LogP contribution in [0.1, 0.15) is 72.1 Å². The minimum Gasteiger partial charge on any atom is -0.460 e. The number of hydrogen-bond donors (Lipinski definition) is 2. The molecular formula is C29H56N2O10. The Kier molecular flexibility index (Phi) is 27.3. The van der Waals surface area contributed by atoms with Gasteiger partial charge in [-0.15, -0.1) is 0 Å². The number of carbonyl (C=O) groups excluding carboxylic acids is 3. The van der Waals surface area contributed by atoms with Crippen molar-refractivity contribution in [3.63, 3.8) is 0 Å². The second kappa shape index (κ2) is 28.4. The summed E-state index contributed by atoms with van der Waals surface area (Å²) in [6.07, 6.45) is 4.51. The lowest BCUT2D eigenvalue weighted by molar-refractivity contribution is -0.155. The number of hydrogen-bond acceptors (Lipinski definition) is 11. The van der Waals surface area contributed by atoms with E-state index in [0.29, 0.717) is 124 Å². The highest BCUT2D eigenvalue weighted by Gasteiger charge is 2.15. The van der Waals surface area contributed by atoms with Crippen LogP contribution < -0.4 is 11.1 Å². The van der Waals surface area contributed by atoms with Crippen molar-refractivity contribution in [2.24, 2.45) is 5.73 Å². The van der Waals surface area contributed by atoms with E-state index in [0.717, 1.165) is 19.3 Å². The molecule has 0 spiro atoms. The second-order valence-corrected chi connectivity index (χ2v) is 10.4. The van der Waals surface area contributed by atoms with E-state index in [4.69, 9.17) is 38.9 Å². The van der Waals surface area contributed by atoms with Gasteiger partial charge in [-0.2, -0.15) is 0 Å². The van der Waals surface area contributed by atoms with Crippen molar-refractivity contribution in [2.75, 3.05) is 92.4 Å². The molecule has 0 fully saturated rings. The summed E-state index contributed by atoms with van der Waals surface area (Å²) in [5, 5.41) is 2.83. The van der Waals surface area contributed by atoms with Crippen molar-refractivity contribution < 1.29 is 47.5 Å². The van der Waals surface area contributed by atoms with Crippen LogP contribution >= 0.6 is 0 Å². The smallest absolute Gasteiger partial charge is 0.306 e. The fourth-order valence-corrected chi connectivity index (χ4v) is 3.25. The molecule has 0 aromatic carbocycles. The third-order valence-corrected chi connectivity index (χ3v) is 5.25. The van der Waals surface area contributed by atoms with Crippen LogP contribution in [-0.2, 0) is 47.5 Å². The molecule has 0 heterocycles. The third kappa shape index (κ3) is 32.7.